The van der Waals surface area contributed by atoms with Crippen LogP contribution < -0.4 is 16.0 Å². The van der Waals surface area contributed by atoms with Crippen LogP contribution in [0.4, 0.5) is 5.13 Å². The van der Waals surface area contributed by atoms with Crippen LogP contribution in [0.2, 0.25) is 0 Å². The number of nitrogens with zero attached hydrogens (tertiary/aromatic N) is 3. The molecule has 2 fully saturated rings. The van der Waals surface area contributed by atoms with Crippen LogP contribution in [0.1, 0.15) is 44.9 Å². The van der Waals surface area contributed by atoms with Crippen LogP contribution >= 0.6 is 11.3 Å². The first kappa shape index (κ1) is 17.6. The summed E-state index contributed by atoms with van der Waals surface area (Å²) in [5.41, 5.74) is 4.97. The molecule has 2 N–H and O–H groups in total. The number of hydrogen-bond acceptors (Lipinski definition) is 6. The monoisotopic (exact) mass is 394 g/mol. The predicted molar refractivity (Wildman–Crippen MR) is 109 cm³/mol. The summed E-state index contributed by atoms with van der Waals surface area (Å²) in [6.07, 6.45) is 3.42. The SMILES string of the molecule is CC1(C)[C@H]2CC[C@]1(C)/C(=N\Nc1nc(O)c(C3=c4ccccc4=NC3=O)s1)C2. The zero-order valence-electron chi connectivity index (χ0n) is 16.1. The third kappa shape index (κ3) is 2.25. The van der Waals surface area contributed by atoms with Crippen molar-refractivity contribution in [2.45, 2.75) is 40.0 Å². The highest BCUT2D eigenvalue weighted by atomic mass is 32.1. The van der Waals surface area contributed by atoms with Crippen molar-refractivity contribution in [3.63, 3.8) is 0 Å². The minimum Gasteiger partial charge on any atom is -0.492 e. The van der Waals surface area contributed by atoms with Gasteiger partial charge < -0.3 is 5.11 Å². The van der Waals surface area contributed by atoms with E-state index in [-0.39, 0.29) is 22.6 Å². The molecular weight excluding hydrogens is 372 g/mol. The van der Waals surface area contributed by atoms with Gasteiger partial charge in [-0.05, 0) is 36.7 Å². The molecule has 1 aromatic carbocycles. The Morgan fingerprint density at radius 2 is 2.07 bits per heavy atom. The fourth-order valence-electron chi connectivity index (χ4n) is 5.02. The summed E-state index contributed by atoms with van der Waals surface area (Å²) in [6.45, 7) is 6.98. The van der Waals surface area contributed by atoms with Gasteiger partial charge in [0.25, 0.3) is 5.91 Å². The second-order valence-corrected chi connectivity index (χ2v) is 9.64. The molecule has 0 unspecified atom stereocenters. The van der Waals surface area contributed by atoms with Gasteiger partial charge in [-0.25, -0.2) is 4.99 Å². The summed E-state index contributed by atoms with van der Waals surface area (Å²) in [7, 11) is 0. The van der Waals surface area contributed by atoms with Crippen LogP contribution in [0.15, 0.2) is 34.4 Å². The molecule has 2 atom stereocenters. The molecule has 2 bridgehead atoms. The normalized spacial score (nSPS) is 28.7. The summed E-state index contributed by atoms with van der Waals surface area (Å²) < 4.78 is 0. The standard InChI is InChI=1S/C21H22N4O2S/c1-20(2)11-8-9-21(20,3)14(10-11)24-25-19-23-18(27)16(28-19)15-12-6-4-5-7-13(12)22-17(15)26/h4-7,11,27H,8-10H2,1-3H3,(H,23,25)/b24-14-/t11-,21+/m0/s1. The van der Waals surface area contributed by atoms with Crippen LogP contribution in [-0.2, 0) is 4.79 Å². The van der Waals surface area contributed by atoms with Gasteiger partial charge in [0.2, 0.25) is 11.0 Å². The molecule has 2 aromatic rings. The van der Waals surface area contributed by atoms with Gasteiger partial charge in [0.05, 0.1) is 10.9 Å². The average molecular weight is 395 g/mol. The largest absolute Gasteiger partial charge is 0.492 e. The number of anilines is 1. The third-order valence-corrected chi connectivity index (χ3v) is 8.21. The average Bonchev–Trinajstić information content (AvgIpc) is 3.29. The van der Waals surface area contributed by atoms with Gasteiger partial charge in [0, 0.05) is 16.3 Å². The number of benzene rings is 1. The summed E-state index contributed by atoms with van der Waals surface area (Å²) in [4.78, 5) is 21.1. The number of fused-ring (bicyclic) bond motifs is 3. The summed E-state index contributed by atoms with van der Waals surface area (Å²) in [5, 5.41) is 16.9. The van der Waals surface area contributed by atoms with Gasteiger partial charge in [0.15, 0.2) is 0 Å². The molecule has 2 aliphatic carbocycles. The van der Waals surface area contributed by atoms with E-state index in [1.807, 2.05) is 18.2 Å². The summed E-state index contributed by atoms with van der Waals surface area (Å²) in [5.74, 6) is 0.158. The molecule has 6 nitrogen and oxygen atoms in total. The molecule has 0 spiro atoms. The lowest BCUT2D eigenvalue weighted by Crippen LogP contribution is -2.32. The predicted octanol–water partition coefficient (Wildman–Crippen LogP) is 2.82. The van der Waals surface area contributed by atoms with Crippen molar-refractivity contribution in [1.29, 1.82) is 0 Å². The Hall–Kier alpha value is -2.54. The van der Waals surface area contributed by atoms with Crippen molar-refractivity contribution in [1.82, 2.24) is 4.98 Å². The number of hydrogen-bond donors (Lipinski definition) is 2. The van der Waals surface area contributed by atoms with Crippen molar-refractivity contribution in [2.24, 2.45) is 26.8 Å². The number of nitrogens with one attached hydrogen (secondary N) is 1. The number of rotatable bonds is 3. The quantitative estimate of drug-likeness (QED) is 0.784. The lowest BCUT2D eigenvalue weighted by molar-refractivity contribution is -0.112. The van der Waals surface area contributed by atoms with Crippen LogP contribution in [0.5, 0.6) is 5.88 Å². The molecule has 1 aromatic heterocycles. The maximum atomic E-state index is 12.4. The van der Waals surface area contributed by atoms with Gasteiger partial charge in [-0.15, -0.1) is 0 Å². The fraction of sp³-hybridized carbons (Fsp3) is 0.429. The fourth-order valence-corrected chi connectivity index (χ4v) is 5.87. The molecule has 3 aliphatic rings. The molecule has 5 rings (SSSR count). The Kier molecular flexibility index (Phi) is 3.59. The molecule has 1 amide bonds. The van der Waals surface area contributed by atoms with E-state index >= 15 is 0 Å². The van der Waals surface area contributed by atoms with Gasteiger partial charge in [-0.1, -0.05) is 50.3 Å². The maximum absolute atomic E-state index is 12.4. The highest BCUT2D eigenvalue weighted by Crippen LogP contribution is 2.64. The molecule has 144 valence electrons. The Labute approximate surface area is 166 Å². The number of thiazole rings is 1. The van der Waals surface area contributed by atoms with Gasteiger partial charge in [-0.2, -0.15) is 10.1 Å². The number of para-hydroxylation sites is 1. The number of carbonyl (C=O) groups excluding carboxylic acids is 1. The minimum atomic E-state index is -0.347. The van der Waals surface area contributed by atoms with Crippen LogP contribution in [0, 0.1) is 16.7 Å². The third-order valence-electron chi connectivity index (χ3n) is 7.24. The van der Waals surface area contributed by atoms with E-state index in [9.17, 15) is 9.90 Å². The Morgan fingerprint density at radius 3 is 2.79 bits per heavy atom. The lowest BCUT2D eigenvalue weighted by atomic mass is 9.70. The van der Waals surface area contributed by atoms with Crippen molar-refractivity contribution < 1.29 is 9.90 Å². The molecule has 7 heteroatoms. The first-order valence-electron chi connectivity index (χ1n) is 9.57. The second-order valence-electron chi connectivity index (χ2n) is 8.64. The van der Waals surface area contributed by atoms with E-state index in [0.717, 1.165) is 18.1 Å². The van der Waals surface area contributed by atoms with E-state index < -0.39 is 0 Å². The van der Waals surface area contributed by atoms with Crippen molar-refractivity contribution in [3.8, 4) is 5.88 Å². The lowest BCUT2D eigenvalue weighted by Gasteiger charge is -2.34. The molecule has 1 aliphatic heterocycles. The zero-order valence-corrected chi connectivity index (χ0v) is 16.9. The maximum Gasteiger partial charge on any atom is 0.279 e. The molecule has 28 heavy (non-hydrogen) atoms. The summed E-state index contributed by atoms with van der Waals surface area (Å²) in [6, 6.07) is 7.32. The highest BCUT2D eigenvalue weighted by molar-refractivity contribution is 7.17. The molecule has 2 saturated carbocycles. The van der Waals surface area contributed by atoms with Crippen LogP contribution in [0.25, 0.3) is 5.57 Å². The zero-order chi connectivity index (χ0) is 19.7. The summed E-state index contributed by atoms with van der Waals surface area (Å²) >= 11 is 1.23. The molecular formula is C21H22N4O2S. The van der Waals surface area contributed by atoms with E-state index in [1.54, 1.807) is 6.07 Å². The first-order valence-corrected chi connectivity index (χ1v) is 10.4. The van der Waals surface area contributed by atoms with Crippen molar-refractivity contribution in [3.05, 3.63) is 39.7 Å². The number of amides is 1. The Bertz CT molecular complexity index is 1160. The molecule has 2 heterocycles. The van der Waals surface area contributed by atoms with Crippen LogP contribution in [-0.4, -0.2) is 21.7 Å². The number of aromatic nitrogens is 1. The highest BCUT2D eigenvalue weighted by Gasteiger charge is 2.60. The van der Waals surface area contributed by atoms with Gasteiger partial charge in [0.1, 0.15) is 4.88 Å². The van der Waals surface area contributed by atoms with Crippen molar-refractivity contribution in [2.75, 3.05) is 5.43 Å². The van der Waals surface area contributed by atoms with E-state index in [1.165, 1.54) is 23.5 Å². The second kappa shape index (κ2) is 5.73. The van der Waals surface area contributed by atoms with E-state index in [0.29, 0.717) is 26.9 Å². The van der Waals surface area contributed by atoms with E-state index in [4.69, 9.17) is 0 Å². The Balaban J connectivity index is 1.48. The van der Waals surface area contributed by atoms with Crippen molar-refractivity contribution >= 4 is 33.7 Å². The Morgan fingerprint density at radius 1 is 1.29 bits per heavy atom. The van der Waals surface area contributed by atoms with E-state index in [2.05, 4.69) is 41.3 Å². The first-order chi connectivity index (χ1) is 13.3. The number of aromatic hydroxyl groups is 1. The van der Waals surface area contributed by atoms with Gasteiger partial charge >= 0.3 is 0 Å². The minimum absolute atomic E-state index is 0.0980. The molecule has 0 saturated heterocycles. The topological polar surface area (TPSA) is 86.9 Å². The number of hydrazone groups is 1. The van der Waals surface area contributed by atoms with Gasteiger partial charge in [-0.3, -0.25) is 10.2 Å². The van der Waals surface area contributed by atoms with Crippen LogP contribution in [0.3, 0.4) is 0 Å². The molecule has 0 radical (unpaired) electrons. The number of carbonyl (C=O) groups is 1. The smallest absolute Gasteiger partial charge is 0.279 e.